The second-order valence-corrected chi connectivity index (χ2v) is 13.0. The molecular weight excluding hydrogens is 525 g/mol. The Morgan fingerprint density at radius 1 is 1.13 bits per heavy atom. The summed E-state index contributed by atoms with van der Waals surface area (Å²) in [6, 6.07) is 14.1. The van der Waals surface area contributed by atoms with Crippen molar-refractivity contribution in [2.75, 3.05) is 16.8 Å². The zero-order chi connectivity index (χ0) is 28.3. The number of aromatic nitrogens is 1. The van der Waals surface area contributed by atoms with Crippen LogP contribution in [0.15, 0.2) is 29.3 Å². The molecule has 0 fully saturated rings. The summed E-state index contributed by atoms with van der Waals surface area (Å²) in [5.74, 6) is 0.742. The number of benzene rings is 1. The van der Waals surface area contributed by atoms with Crippen LogP contribution in [0.2, 0.25) is 0 Å². The van der Waals surface area contributed by atoms with Crippen LogP contribution in [0, 0.1) is 52.2 Å². The Kier molecular flexibility index (Phi) is 8.31. The largest absolute Gasteiger partial charge is 0.383 e. The first kappa shape index (κ1) is 28.2. The molecule has 39 heavy (non-hydrogen) atoms. The summed E-state index contributed by atoms with van der Waals surface area (Å²) in [5, 5.41) is 33.5. The molecule has 4 rings (SSSR count). The molecular formula is C30H30N6OS2. The molecule has 0 saturated heterocycles. The van der Waals surface area contributed by atoms with Crippen molar-refractivity contribution in [3.05, 3.63) is 57.0 Å². The molecule has 1 unspecified atom stereocenters. The Labute approximate surface area is 237 Å². The second kappa shape index (κ2) is 11.5. The highest BCUT2D eigenvalue weighted by Crippen LogP contribution is 2.44. The monoisotopic (exact) mass is 554 g/mol. The number of nitriles is 3. The van der Waals surface area contributed by atoms with Crippen LogP contribution < -0.4 is 11.1 Å². The van der Waals surface area contributed by atoms with Crippen molar-refractivity contribution >= 4 is 39.8 Å². The highest BCUT2D eigenvalue weighted by Gasteiger charge is 2.32. The Morgan fingerprint density at radius 2 is 1.79 bits per heavy atom. The number of aryl methyl sites for hydroxylation is 1. The van der Waals surface area contributed by atoms with E-state index in [1.54, 1.807) is 0 Å². The minimum Gasteiger partial charge on any atom is -0.383 e. The maximum Gasteiger partial charge on any atom is 0.225 e. The lowest BCUT2D eigenvalue weighted by molar-refractivity contribution is -0.115. The Morgan fingerprint density at radius 3 is 2.41 bits per heavy atom. The van der Waals surface area contributed by atoms with Gasteiger partial charge in [-0.1, -0.05) is 50.6 Å². The molecule has 1 aliphatic carbocycles. The van der Waals surface area contributed by atoms with E-state index < -0.39 is 0 Å². The van der Waals surface area contributed by atoms with Gasteiger partial charge in [0.05, 0.1) is 11.1 Å². The van der Waals surface area contributed by atoms with Gasteiger partial charge < -0.3 is 11.1 Å². The highest BCUT2D eigenvalue weighted by molar-refractivity contribution is 7.99. The standard InChI is InChI=1S/C30H30N6OS2/c1-17-5-7-18(8-6-17)26-22(15-32)27(34)36-28(23(26)16-33)38-12-11-25(37)35-29-21(14-31)20-10-9-19(30(2,3)4)13-24(20)39-29/h5-8,19H,9-13H2,1-4H3,(H2,34,36)(H,35,37). The molecule has 198 valence electrons. The van der Waals surface area contributed by atoms with Crippen LogP contribution in [0.25, 0.3) is 11.1 Å². The number of carbonyl (C=O) groups is 1. The van der Waals surface area contributed by atoms with Gasteiger partial charge in [-0.25, -0.2) is 4.98 Å². The number of hydrogen-bond donors (Lipinski definition) is 2. The molecule has 9 heteroatoms. The van der Waals surface area contributed by atoms with Gasteiger partial charge >= 0.3 is 0 Å². The summed E-state index contributed by atoms with van der Waals surface area (Å²) in [5.41, 5.74) is 10.6. The van der Waals surface area contributed by atoms with Crippen LogP contribution in [0.5, 0.6) is 0 Å². The normalized spacial score (nSPS) is 14.5. The number of rotatable bonds is 6. The molecule has 0 saturated carbocycles. The first-order valence-electron chi connectivity index (χ1n) is 12.7. The Hall–Kier alpha value is -3.84. The zero-order valence-corrected chi connectivity index (χ0v) is 24.1. The van der Waals surface area contributed by atoms with Crippen molar-refractivity contribution in [1.29, 1.82) is 15.8 Å². The van der Waals surface area contributed by atoms with Crippen LogP contribution in [0.3, 0.4) is 0 Å². The van der Waals surface area contributed by atoms with Gasteiger partial charge in [0, 0.05) is 22.6 Å². The van der Waals surface area contributed by atoms with Crippen molar-refractivity contribution in [1.82, 2.24) is 4.98 Å². The number of hydrogen-bond acceptors (Lipinski definition) is 8. The number of thioether (sulfide) groups is 1. The molecule has 2 heterocycles. The van der Waals surface area contributed by atoms with Crippen LogP contribution in [0.4, 0.5) is 10.8 Å². The number of pyridine rings is 1. The van der Waals surface area contributed by atoms with Gasteiger partial charge in [0.2, 0.25) is 5.91 Å². The van der Waals surface area contributed by atoms with E-state index in [2.05, 4.69) is 49.3 Å². The van der Waals surface area contributed by atoms with Gasteiger partial charge in [-0.15, -0.1) is 23.1 Å². The molecule has 1 aromatic carbocycles. The van der Waals surface area contributed by atoms with Crippen molar-refractivity contribution in [2.24, 2.45) is 11.3 Å². The molecule has 3 aromatic rings. The lowest BCUT2D eigenvalue weighted by Gasteiger charge is -2.33. The van der Waals surface area contributed by atoms with Gasteiger partial charge in [-0.05, 0) is 48.6 Å². The molecule has 1 atom stereocenters. The molecule has 1 amide bonds. The number of thiophene rings is 1. The predicted molar refractivity (Wildman–Crippen MR) is 156 cm³/mol. The number of fused-ring (bicyclic) bond motifs is 1. The van der Waals surface area contributed by atoms with Gasteiger partial charge in [0.25, 0.3) is 0 Å². The van der Waals surface area contributed by atoms with Gasteiger partial charge in [0.1, 0.15) is 39.6 Å². The summed E-state index contributed by atoms with van der Waals surface area (Å²) in [4.78, 5) is 18.4. The molecule has 0 radical (unpaired) electrons. The first-order valence-corrected chi connectivity index (χ1v) is 14.6. The third-order valence-electron chi connectivity index (χ3n) is 7.18. The average Bonchev–Trinajstić information content (AvgIpc) is 3.24. The van der Waals surface area contributed by atoms with Crippen molar-refractivity contribution in [2.45, 2.75) is 58.4 Å². The second-order valence-electron chi connectivity index (χ2n) is 10.8. The minimum absolute atomic E-state index is 0.0513. The number of carbonyl (C=O) groups excluding carboxylic acids is 1. The van der Waals surface area contributed by atoms with E-state index in [-0.39, 0.29) is 34.7 Å². The Bertz CT molecular complexity index is 1550. The maximum atomic E-state index is 12.9. The summed E-state index contributed by atoms with van der Waals surface area (Å²) >= 11 is 2.76. The SMILES string of the molecule is Cc1ccc(-c2c(C#N)c(N)nc(SCCC(=O)Nc3sc4c(c3C#N)CCC(C(C)(C)C)C4)c2C#N)cc1. The number of amides is 1. The van der Waals surface area contributed by atoms with Gasteiger partial charge in [0.15, 0.2) is 0 Å². The molecule has 2 aromatic heterocycles. The summed E-state index contributed by atoms with van der Waals surface area (Å²) in [6.45, 7) is 8.71. The fourth-order valence-electron chi connectivity index (χ4n) is 4.87. The third kappa shape index (κ3) is 5.93. The number of nitrogens with zero attached hydrogens (tertiary/aromatic N) is 4. The van der Waals surface area contributed by atoms with E-state index in [4.69, 9.17) is 5.73 Å². The quantitative estimate of drug-likeness (QED) is 0.328. The fraction of sp³-hybridized carbons (Fsp3) is 0.367. The Balaban J connectivity index is 1.49. The summed E-state index contributed by atoms with van der Waals surface area (Å²) in [6.07, 6.45) is 2.98. The smallest absolute Gasteiger partial charge is 0.225 e. The summed E-state index contributed by atoms with van der Waals surface area (Å²) < 4.78 is 0. The average molecular weight is 555 g/mol. The van der Waals surface area contributed by atoms with Crippen molar-refractivity contribution < 1.29 is 4.79 Å². The number of nitrogens with one attached hydrogen (secondary N) is 1. The molecule has 0 aliphatic heterocycles. The van der Waals surface area contributed by atoms with E-state index in [1.165, 1.54) is 28.0 Å². The number of nitrogens with two attached hydrogens (primary N) is 1. The molecule has 3 N–H and O–H groups in total. The zero-order valence-electron chi connectivity index (χ0n) is 22.5. The van der Waals surface area contributed by atoms with Crippen LogP contribution in [-0.2, 0) is 17.6 Å². The lowest BCUT2D eigenvalue weighted by atomic mass is 9.72. The minimum atomic E-state index is -0.205. The predicted octanol–water partition coefficient (Wildman–Crippen LogP) is 6.59. The van der Waals surface area contributed by atoms with E-state index in [0.717, 1.165) is 30.4 Å². The van der Waals surface area contributed by atoms with Gasteiger partial charge in [-0.2, -0.15) is 15.8 Å². The number of anilines is 2. The maximum absolute atomic E-state index is 12.9. The van der Waals surface area contributed by atoms with E-state index >= 15 is 0 Å². The van der Waals surface area contributed by atoms with Gasteiger partial charge in [-0.3, -0.25) is 4.79 Å². The van der Waals surface area contributed by atoms with Crippen LogP contribution >= 0.6 is 23.1 Å². The highest BCUT2D eigenvalue weighted by atomic mass is 32.2. The van der Waals surface area contributed by atoms with E-state index in [1.807, 2.05) is 31.2 Å². The lowest BCUT2D eigenvalue weighted by Crippen LogP contribution is -2.26. The molecule has 0 spiro atoms. The molecule has 7 nitrogen and oxygen atoms in total. The molecule has 1 aliphatic rings. The van der Waals surface area contributed by atoms with Crippen LogP contribution in [-0.4, -0.2) is 16.6 Å². The fourth-order valence-corrected chi connectivity index (χ4v) is 7.10. The topological polar surface area (TPSA) is 139 Å². The van der Waals surface area contributed by atoms with E-state index in [9.17, 15) is 20.6 Å². The van der Waals surface area contributed by atoms with Crippen LogP contribution in [0.1, 0.15) is 66.3 Å². The number of nitrogen functional groups attached to an aromatic ring is 1. The first-order chi connectivity index (χ1) is 18.6. The van der Waals surface area contributed by atoms with Crippen molar-refractivity contribution in [3.63, 3.8) is 0 Å². The molecule has 0 bridgehead atoms. The summed E-state index contributed by atoms with van der Waals surface area (Å²) in [7, 11) is 0. The van der Waals surface area contributed by atoms with Crippen molar-refractivity contribution in [3.8, 4) is 29.3 Å². The van der Waals surface area contributed by atoms with E-state index in [0.29, 0.717) is 38.4 Å². The third-order valence-corrected chi connectivity index (χ3v) is 9.33.